The van der Waals surface area contributed by atoms with Gasteiger partial charge in [0.1, 0.15) is 6.04 Å². The van der Waals surface area contributed by atoms with Crippen molar-refractivity contribution in [2.24, 2.45) is 0 Å². The van der Waals surface area contributed by atoms with Crippen LogP contribution in [0.3, 0.4) is 0 Å². The molecule has 1 amide bonds. The van der Waals surface area contributed by atoms with Gasteiger partial charge in [-0.3, -0.25) is 14.5 Å². The number of benzene rings is 1. The lowest BCUT2D eigenvalue weighted by atomic mass is 10.1. The minimum absolute atomic E-state index is 0.0497. The summed E-state index contributed by atoms with van der Waals surface area (Å²) in [7, 11) is 0. The highest BCUT2D eigenvalue weighted by atomic mass is 16.4. The maximum Gasteiger partial charge on any atom is 0.321 e. The molecule has 5 nitrogen and oxygen atoms in total. The van der Waals surface area contributed by atoms with E-state index in [0.717, 1.165) is 0 Å². The molecule has 5 heteroatoms. The summed E-state index contributed by atoms with van der Waals surface area (Å²) in [6.07, 6.45) is -0.0497. The molecule has 1 rings (SSSR count). The first kappa shape index (κ1) is 15.2. The van der Waals surface area contributed by atoms with Crippen molar-refractivity contribution in [3.8, 4) is 0 Å². The van der Waals surface area contributed by atoms with Crippen molar-refractivity contribution in [2.75, 3.05) is 18.4 Å². The summed E-state index contributed by atoms with van der Waals surface area (Å²) >= 11 is 0. The molecule has 0 spiro atoms. The number of para-hydroxylation sites is 1. The Balaban J connectivity index is 2.64. The second kappa shape index (κ2) is 7.53. The number of likely N-dealkylation sites (N-methyl/N-ethyl adjacent to an activating group) is 1. The quantitative estimate of drug-likeness (QED) is 0.788. The Hall–Kier alpha value is -1.88. The maximum atomic E-state index is 11.9. The second-order valence-electron chi connectivity index (χ2n) is 4.19. The number of aliphatic carboxylic acids is 1. The molecule has 0 radical (unpaired) electrons. The summed E-state index contributed by atoms with van der Waals surface area (Å²) in [5.74, 6) is -1.25. The molecule has 19 heavy (non-hydrogen) atoms. The molecular weight excluding hydrogens is 244 g/mol. The average molecular weight is 264 g/mol. The first-order valence-corrected chi connectivity index (χ1v) is 6.40. The lowest BCUT2D eigenvalue weighted by Crippen LogP contribution is -2.43. The molecule has 0 aliphatic rings. The third-order valence-corrected chi connectivity index (χ3v) is 2.97. The molecule has 0 heterocycles. The van der Waals surface area contributed by atoms with Gasteiger partial charge in [-0.2, -0.15) is 0 Å². The first-order valence-electron chi connectivity index (χ1n) is 6.40. The first-order chi connectivity index (χ1) is 9.08. The summed E-state index contributed by atoms with van der Waals surface area (Å²) in [5, 5.41) is 11.9. The van der Waals surface area contributed by atoms with Gasteiger partial charge in [0.2, 0.25) is 5.91 Å². The fraction of sp³-hybridized carbons (Fsp3) is 0.429. The van der Waals surface area contributed by atoms with Gasteiger partial charge in [-0.1, -0.05) is 32.0 Å². The lowest BCUT2D eigenvalue weighted by molar-refractivity contribution is -0.145. The Morgan fingerprint density at radius 1 is 1.21 bits per heavy atom. The van der Waals surface area contributed by atoms with Crippen LogP contribution in [0.25, 0.3) is 0 Å². The molecule has 1 aromatic carbocycles. The van der Waals surface area contributed by atoms with Gasteiger partial charge in [0.25, 0.3) is 0 Å². The van der Waals surface area contributed by atoms with Gasteiger partial charge in [0.15, 0.2) is 0 Å². The topological polar surface area (TPSA) is 69.6 Å². The van der Waals surface area contributed by atoms with Crippen molar-refractivity contribution < 1.29 is 14.7 Å². The van der Waals surface area contributed by atoms with E-state index in [2.05, 4.69) is 5.32 Å². The van der Waals surface area contributed by atoms with E-state index >= 15 is 0 Å². The van der Waals surface area contributed by atoms with Gasteiger partial charge in [0, 0.05) is 5.69 Å². The van der Waals surface area contributed by atoms with Crippen molar-refractivity contribution in [3.63, 3.8) is 0 Å². The number of carbonyl (C=O) groups is 2. The standard InChI is InChI=1S/C14H20N2O3/c1-3-16(4-2)12(14(18)19)10-13(17)15-11-8-6-5-7-9-11/h5-9,12H,3-4,10H2,1-2H3,(H,15,17)(H,18,19). The van der Waals surface area contributed by atoms with E-state index in [9.17, 15) is 14.7 Å². The summed E-state index contributed by atoms with van der Waals surface area (Å²) in [6, 6.07) is 8.24. The Morgan fingerprint density at radius 3 is 2.26 bits per heavy atom. The maximum absolute atomic E-state index is 11.9. The van der Waals surface area contributed by atoms with Crippen molar-refractivity contribution in [1.29, 1.82) is 0 Å². The van der Waals surface area contributed by atoms with Crippen LogP contribution in [-0.4, -0.2) is 41.0 Å². The molecule has 0 saturated heterocycles. The van der Waals surface area contributed by atoms with Gasteiger partial charge >= 0.3 is 5.97 Å². The Bertz CT molecular complexity index is 416. The second-order valence-corrected chi connectivity index (χ2v) is 4.19. The predicted molar refractivity (Wildman–Crippen MR) is 74.0 cm³/mol. The fourth-order valence-corrected chi connectivity index (χ4v) is 1.95. The summed E-state index contributed by atoms with van der Waals surface area (Å²) in [6.45, 7) is 4.97. The van der Waals surface area contributed by atoms with Gasteiger partial charge in [-0.15, -0.1) is 0 Å². The molecule has 0 fully saturated rings. The number of carbonyl (C=O) groups excluding carboxylic acids is 1. The molecule has 0 aliphatic heterocycles. The van der Waals surface area contributed by atoms with Crippen LogP contribution < -0.4 is 5.32 Å². The molecule has 0 saturated carbocycles. The molecule has 0 bridgehead atoms. The highest BCUT2D eigenvalue weighted by Gasteiger charge is 2.26. The SMILES string of the molecule is CCN(CC)C(CC(=O)Nc1ccccc1)C(=O)O. The predicted octanol–water partition coefficient (Wildman–Crippen LogP) is 1.81. The Kier molecular flexibility index (Phi) is 6.02. The Labute approximate surface area is 113 Å². The van der Waals surface area contributed by atoms with Crippen molar-refractivity contribution in [1.82, 2.24) is 4.90 Å². The van der Waals surface area contributed by atoms with Crippen LogP contribution in [-0.2, 0) is 9.59 Å². The van der Waals surface area contributed by atoms with Gasteiger partial charge in [-0.05, 0) is 25.2 Å². The highest BCUT2D eigenvalue weighted by Crippen LogP contribution is 2.09. The summed E-state index contributed by atoms with van der Waals surface area (Å²) in [4.78, 5) is 24.8. The van der Waals surface area contributed by atoms with E-state index in [-0.39, 0.29) is 12.3 Å². The monoisotopic (exact) mass is 264 g/mol. The van der Waals surface area contributed by atoms with E-state index in [0.29, 0.717) is 18.8 Å². The highest BCUT2D eigenvalue weighted by molar-refractivity contribution is 5.94. The molecule has 0 aromatic heterocycles. The molecule has 2 N–H and O–H groups in total. The van der Waals surface area contributed by atoms with Crippen LogP contribution in [0, 0.1) is 0 Å². The molecule has 1 unspecified atom stereocenters. The van der Waals surface area contributed by atoms with Crippen molar-refractivity contribution in [2.45, 2.75) is 26.3 Å². The van der Waals surface area contributed by atoms with Crippen LogP contribution in [0.5, 0.6) is 0 Å². The zero-order chi connectivity index (χ0) is 14.3. The minimum Gasteiger partial charge on any atom is -0.480 e. The van der Waals surface area contributed by atoms with E-state index < -0.39 is 12.0 Å². The molecule has 1 atom stereocenters. The number of carboxylic acid groups (broad SMARTS) is 1. The number of nitrogens with zero attached hydrogens (tertiary/aromatic N) is 1. The molecule has 1 aromatic rings. The number of anilines is 1. The number of amides is 1. The van der Waals surface area contributed by atoms with Crippen LogP contribution in [0.4, 0.5) is 5.69 Å². The Morgan fingerprint density at radius 2 is 1.79 bits per heavy atom. The largest absolute Gasteiger partial charge is 0.480 e. The van der Waals surface area contributed by atoms with Crippen LogP contribution in [0.15, 0.2) is 30.3 Å². The molecule has 104 valence electrons. The lowest BCUT2D eigenvalue weighted by Gasteiger charge is -2.25. The fourth-order valence-electron chi connectivity index (χ4n) is 1.95. The van der Waals surface area contributed by atoms with Crippen LogP contribution >= 0.6 is 0 Å². The van der Waals surface area contributed by atoms with Crippen molar-refractivity contribution >= 4 is 17.6 Å². The zero-order valence-corrected chi connectivity index (χ0v) is 11.3. The van der Waals surface area contributed by atoms with Crippen molar-refractivity contribution in [3.05, 3.63) is 30.3 Å². The zero-order valence-electron chi connectivity index (χ0n) is 11.3. The number of hydrogen-bond donors (Lipinski definition) is 2. The van der Waals surface area contributed by atoms with Crippen LogP contribution in [0.2, 0.25) is 0 Å². The molecule has 0 aliphatic carbocycles. The van der Waals surface area contributed by atoms with Crippen LogP contribution in [0.1, 0.15) is 20.3 Å². The normalized spacial score (nSPS) is 12.2. The number of hydrogen-bond acceptors (Lipinski definition) is 3. The smallest absolute Gasteiger partial charge is 0.321 e. The summed E-state index contributed by atoms with van der Waals surface area (Å²) < 4.78 is 0. The minimum atomic E-state index is -0.966. The third kappa shape index (κ3) is 4.71. The average Bonchev–Trinajstić information content (AvgIpc) is 2.39. The third-order valence-electron chi connectivity index (χ3n) is 2.97. The number of rotatable bonds is 7. The van der Waals surface area contributed by atoms with Gasteiger partial charge < -0.3 is 10.4 Å². The van der Waals surface area contributed by atoms with Gasteiger partial charge in [0.05, 0.1) is 6.42 Å². The van der Waals surface area contributed by atoms with E-state index in [1.54, 1.807) is 17.0 Å². The number of nitrogens with one attached hydrogen (secondary N) is 1. The number of carboxylic acids is 1. The van der Waals surface area contributed by atoms with E-state index in [1.807, 2.05) is 32.0 Å². The molecular formula is C14H20N2O3. The van der Waals surface area contributed by atoms with Gasteiger partial charge in [-0.25, -0.2) is 0 Å². The summed E-state index contributed by atoms with van der Waals surface area (Å²) in [5.41, 5.74) is 0.677. The van der Waals surface area contributed by atoms with E-state index in [4.69, 9.17) is 0 Å². The van der Waals surface area contributed by atoms with E-state index in [1.165, 1.54) is 0 Å².